The van der Waals surface area contributed by atoms with Crippen molar-refractivity contribution in [2.24, 2.45) is 0 Å². The molecule has 1 aromatic rings. The highest BCUT2D eigenvalue weighted by Crippen LogP contribution is 2.19. The maximum atomic E-state index is 12.0. The number of carbonyl (C=O) groups excluding carboxylic acids is 1. The first-order valence-corrected chi connectivity index (χ1v) is 7.39. The average Bonchev–Trinajstić information content (AvgIpc) is 2.38. The summed E-state index contributed by atoms with van der Waals surface area (Å²) in [5, 5.41) is 2.81. The van der Waals surface area contributed by atoms with Crippen molar-refractivity contribution in [2.75, 3.05) is 26.5 Å². The van der Waals surface area contributed by atoms with Gasteiger partial charge in [0, 0.05) is 18.6 Å². The molecule has 5 heteroatoms. The Morgan fingerprint density at radius 1 is 1.50 bits per heavy atom. The van der Waals surface area contributed by atoms with Crippen LogP contribution in [0.25, 0.3) is 0 Å². The number of rotatable bonds is 7. The minimum absolute atomic E-state index is 0.0544. The van der Waals surface area contributed by atoms with Gasteiger partial charge in [0.2, 0.25) is 0 Å². The van der Waals surface area contributed by atoms with Crippen LogP contribution in [0.2, 0.25) is 0 Å². The van der Waals surface area contributed by atoms with E-state index in [1.54, 1.807) is 18.9 Å². The number of amides is 1. The Morgan fingerprint density at radius 2 is 2.22 bits per heavy atom. The van der Waals surface area contributed by atoms with E-state index in [0.29, 0.717) is 25.1 Å². The van der Waals surface area contributed by atoms with Gasteiger partial charge in [-0.25, -0.2) is 0 Å². The van der Waals surface area contributed by atoms with Crippen LogP contribution < -0.4 is 5.32 Å². The van der Waals surface area contributed by atoms with E-state index in [9.17, 15) is 4.79 Å². The van der Waals surface area contributed by atoms with E-state index in [0.717, 1.165) is 4.90 Å². The van der Waals surface area contributed by atoms with Crippen molar-refractivity contribution < 1.29 is 9.53 Å². The van der Waals surface area contributed by atoms with Crippen LogP contribution in [0.4, 0.5) is 0 Å². The summed E-state index contributed by atoms with van der Waals surface area (Å²) in [6, 6.07) is 7.56. The molecule has 3 nitrogen and oxygen atoms in total. The molecule has 0 fully saturated rings. The van der Waals surface area contributed by atoms with Gasteiger partial charge in [0.1, 0.15) is 0 Å². The normalized spacial score (nSPS) is 12.2. The molecule has 0 heterocycles. The lowest BCUT2D eigenvalue weighted by Gasteiger charge is -2.10. The minimum atomic E-state index is -0.0638. The predicted octanol–water partition coefficient (Wildman–Crippen LogP) is 2.78. The Bertz CT molecular complexity index is 387. The van der Waals surface area contributed by atoms with Gasteiger partial charge < -0.3 is 10.1 Å². The SMILES string of the molecule is COCC(Cl)CCNC(=O)c1ccccc1SC. The van der Waals surface area contributed by atoms with Gasteiger partial charge in [0.05, 0.1) is 17.5 Å². The van der Waals surface area contributed by atoms with E-state index in [1.807, 2.05) is 30.5 Å². The number of nitrogens with one attached hydrogen (secondary N) is 1. The molecule has 0 spiro atoms. The zero-order valence-corrected chi connectivity index (χ0v) is 12.2. The van der Waals surface area contributed by atoms with Crippen molar-refractivity contribution in [2.45, 2.75) is 16.7 Å². The number of ether oxygens (including phenoxy) is 1. The second kappa shape index (κ2) is 8.40. The van der Waals surface area contributed by atoms with Crippen molar-refractivity contribution in [3.8, 4) is 0 Å². The lowest BCUT2D eigenvalue weighted by atomic mass is 10.2. The van der Waals surface area contributed by atoms with Gasteiger partial charge in [-0.3, -0.25) is 4.79 Å². The molecule has 0 aliphatic heterocycles. The molecule has 1 N–H and O–H groups in total. The first-order valence-electron chi connectivity index (χ1n) is 5.73. The van der Waals surface area contributed by atoms with Gasteiger partial charge in [-0.15, -0.1) is 23.4 Å². The van der Waals surface area contributed by atoms with Gasteiger partial charge in [0.15, 0.2) is 0 Å². The number of hydrogen-bond donors (Lipinski definition) is 1. The Hall–Kier alpha value is -0.710. The molecule has 0 aliphatic carbocycles. The molecular weight excluding hydrogens is 270 g/mol. The Kier molecular flexibility index (Phi) is 7.16. The van der Waals surface area contributed by atoms with Gasteiger partial charge in [-0.05, 0) is 24.8 Å². The number of carbonyl (C=O) groups is 1. The molecule has 0 aliphatic rings. The second-order valence-electron chi connectivity index (χ2n) is 3.80. The first kappa shape index (κ1) is 15.3. The summed E-state index contributed by atoms with van der Waals surface area (Å²) >= 11 is 7.55. The van der Waals surface area contributed by atoms with Gasteiger partial charge >= 0.3 is 0 Å². The summed E-state index contributed by atoms with van der Waals surface area (Å²) < 4.78 is 4.93. The maximum Gasteiger partial charge on any atom is 0.252 e. The number of alkyl halides is 1. The van der Waals surface area contributed by atoms with Gasteiger partial charge in [-0.1, -0.05) is 12.1 Å². The Balaban J connectivity index is 2.45. The number of halogens is 1. The molecule has 1 atom stereocenters. The fourth-order valence-corrected chi connectivity index (χ4v) is 2.36. The van der Waals surface area contributed by atoms with E-state index in [2.05, 4.69) is 5.32 Å². The van der Waals surface area contributed by atoms with E-state index >= 15 is 0 Å². The summed E-state index contributed by atoms with van der Waals surface area (Å²) in [7, 11) is 1.61. The minimum Gasteiger partial charge on any atom is -0.383 e. The molecule has 1 aromatic carbocycles. The third-order valence-electron chi connectivity index (χ3n) is 2.44. The van der Waals surface area contributed by atoms with Crippen molar-refractivity contribution in [3.05, 3.63) is 29.8 Å². The van der Waals surface area contributed by atoms with Crippen molar-refractivity contribution in [1.82, 2.24) is 5.32 Å². The zero-order valence-electron chi connectivity index (χ0n) is 10.6. The van der Waals surface area contributed by atoms with Crippen molar-refractivity contribution >= 4 is 29.3 Å². The molecule has 0 aromatic heterocycles. The van der Waals surface area contributed by atoms with Crippen LogP contribution in [0.3, 0.4) is 0 Å². The van der Waals surface area contributed by atoms with Gasteiger partial charge in [-0.2, -0.15) is 0 Å². The van der Waals surface area contributed by atoms with Crippen LogP contribution in [0, 0.1) is 0 Å². The smallest absolute Gasteiger partial charge is 0.252 e. The molecule has 1 amide bonds. The summed E-state index contributed by atoms with van der Waals surface area (Å²) in [6.45, 7) is 1.05. The number of hydrogen-bond acceptors (Lipinski definition) is 3. The zero-order chi connectivity index (χ0) is 13.4. The molecule has 1 unspecified atom stereocenters. The van der Waals surface area contributed by atoms with Crippen LogP contribution in [0.1, 0.15) is 16.8 Å². The lowest BCUT2D eigenvalue weighted by molar-refractivity contribution is 0.0949. The van der Waals surface area contributed by atoms with Crippen LogP contribution in [0.5, 0.6) is 0 Å². The summed E-state index contributed by atoms with van der Waals surface area (Å²) in [6.07, 6.45) is 2.65. The standard InChI is InChI=1S/C13H18ClNO2S/c1-17-9-10(14)7-8-15-13(16)11-5-3-4-6-12(11)18-2/h3-6,10H,7-9H2,1-2H3,(H,15,16). The summed E-state index contributed by atoms with van der Waals surface area (Å²) in [5.74, 6) is -0.0544. The van der Waals surface area contributed by atoms with Crippen LogP contribution in [-0.4, -0.2) is 37.8 Å². The van der Waals surface area contributed by atoms with Gasteiger partial charge in [0.25, 0.3) is 5.91 Å². The lowest BCUT2D eigenvalue weighted by Crippen LogP contribution is -2.27. The number of benzene rings is 1. The van der Waals surface area contributed by atoms with Crippen molar-refractivity contribution in [1.29, 1.82) is 0 Å². The quantitative estimate of drug-likeness (QED) is 0.619. The van der Waals surface area contributed by atoms with Crippen LogP contribution in [-0.2, 0) is 4.74 Å². The molecule has 18 heavy (non-hydrogen) atoms. The number of thioether (sulfide) groups is 1. The van der Waals surface area contributed by atoms with Crippen molar-refractivity contribution in [3.63, 3.8) is 0 Å². The van der Waals surface area contributed by atoms with E-state index in [4.69, 9.17) is 16.3 Å². The Labute approximate surface area is 117 Å². The topological polar surface area (TPSA) is 38.3 Å². The second-order valence-corrected chi connectivity index (χ2v) is 5.26. The first-order chi connectivity index (χ1) is 8.69. The fourth-order valence-electron chi connectivity index (χ4n) is 1.53. The largest absolute Gasteiger partial charge is 0.383 e. The molecule has 0 saturated carbocycles. The molecule has 0 saturated heterocycles. The van der Waals surface area contributed by atoms with E-state index in [1.165, 1.54) is 0 Å². The molecule has 0 radical (unpaired) electrons. The summed E-state index contributed by atoms with van der Waals surface area (Å²) in [4.78, 5) is 12.9. The fraction of sp³-hybridized carbons (Fsp3) is 0.462. The predicted molar refractivity (Wildman–Crippen MR) is 76.7 cm³/mol. The monoisotopic (exact) mass is 287 g/mol. The van der Waals surface area contributed by atoms with Crippen LogP contribution in [0.15, 0.2) is 29.2 Å². The molecule has 100 valence electrons. The Morgan fingerprint density at radius 3 is 2.89 bits per heavy atom. The number of methoxy groups -OCH3 is 1. The van der Waals surface area contributed by atoms with Crippen LogP contribution >= 0.6 is 23.4 Å². The third kappa shape index (κ3) is 4.88. The third-order valence-corrected chi connectivity index (χ3v) is 3.58. The molecule has 1 rings (SSSR count). The van der Waals surface area contributed by atoms with E-state index < -0.39 is 0 Å². The maximum absolute atomic E-state index is 12.0. The van der Waals surface area contributed by atoms with E-state index in [-0.39, 0.29) is 11.3 Å². The highest BCUT2D eigenvalue weighted by molar-refractivity contribution is 7.98. The molecule has 0 bridgehead atoms. The highest BCUT2D eigenvalue weighted by atomic mass is 35.5. The average molecular weight is 288 g/mol. The molecular formula is C13H18ClNO2S. The highest BCUT2D eigenvalue weighted by Gasteiger charge is 2.10. The summed E-state index contributed by atoms with van der Waals surface area (Å²) in [5.41, 5.74) is 0.711.